The summed E-state index contributed by atoms with van der Waals surface area (Å²) < 4.78 is 0. The molecule has 2 heterocycles. The summed E-state index contributed by atoms with van der Waals surface area (Å²) in [7, 11) is 0. The lowest BCUT2D eigenvalue weighted by molar-refractivity contribution is 0.399. The number of benzene rings is 1. The van der Waals surface area contributed by atoms with Gasteiger partial charge < -0.3 is 10.3 Å². The van der Waals surface area contributed by atoms with Crippen molar-refractivity contribution in [3.8, 4) is 11.3 Å². The molecule has 1 aliphatic heterocycles. The molecule has 1 aromatic heterocycles. The standard InChI is InChI=1S/C17H21N3/c1-2-9-18-15(6-1)17-19-11-16(20-17)14-8-7-12-4-3-5-13(12)10-14/h7-8,10-11,15,18H,1-6,9H2,(H,19,20). The van der Waals surface area contributed by atoms with Crippen LogP contribution in [-0.4, -0.2) is 16.5 Å². The summed E-state index contributed by atoms with van der Waals surface area (Å²) in [6, 6.07) is 7.27. The number of hydrogen-bond donors (Lipinski definition) is 2. The lowest BCUT2D eigenvalue weighted by Gasteiger charge is -2.21. The molecule has 1 atom stereocenters. The largest absolute Gasteiger partial charge is 0.341 e. The number of nitrogens with one attached hydrogen (secondary N) is 2. The van der Waals surface area contributed by atoms with Gasteiger partial charge in [0, 0.05) is 0 Å². The van der Waals surface area contributed by atoms with E-state index in [4.69, 9.17) is 0 Å². The number of rotatable bonds is 2. The molecule has 0 amide bonds. The third-order valence-corrected chi connectivity index (χ3v) is 4.65. The van der Waals surface area contributed by atoms with Gasteiger partial charge in [-0.2, -0.15) is 0 Å². The van der Waals surface area contributed by atoms with E-state index in [-0.39, 0.29) is 0 Å². The van der Waals surface area contributed by atoms with Gasteiger partial charge in [0.25, 0.3) is 0 Å². The summed E-state index contributed by atoms with van der Waals surface area (Å²) in [4.78, 5) is 8.11. The van der Waals surface area contributed by atoms with Crippen LogP contribution >= 0.6 is 0 Å². The monoisotopic (exact) mass is 267 g/mol. The van der Waals surface area contributed by atoms with Crippen LogP contribution in [0.15, 0.2) is 24.4 Å². The number of aromatic amines is 1. The quantitative estimate of drug-likeness (QED) is 0.875. The van der Waals surface area contributed by atoms with Crippen LogP contribution in [0.5, 0.6) is 0 Å². The summed E-state index contributed by atoms with van der Waals surface area (Å²) >= 11 is 0. The summed E-state index contributed by atoms with van der Waals surface area (Å²) in [5, 5.41) is 3.55. The van der Waals surface area contributed by atoms with Gasteiger partial charge in [-0.25, -0.2) is 4.98 Å². The van der Waals surface area contributed by atoms with Crippen LogP contribution in [0.4, 0.5) is 0 Å². The molecule has 0 radical (unpaired) electrons. The van der Waals surface area contributed by atoms with E-state index >= 15 is 0 Å². The Hall–Kier alpha value is -1.61. The predicted octanol–water partition coefficient (Wildman–Crippen LogP) is 3.38. The van der Waals surface area contributed by atoms with Gasteiger partial charge >= 0.3 is 0 Å². The Labute approximate surface area is 119 Å². The van der Waals surface area contributed by atoms with Crippen LogP contribution < -0.4 is 5.32 Å². The number of fused-ring (bicyclic) bond motifs is 1. The summed E-state index contributed by atoms with van der Waals surface area (Å²) in [5.41, 5.74) is 5.49. The smallest absolute Gasteiger partial charge is 0.123 e. The fraction of sp³-hybridized carbons (Fsp3) is 0.471. The molecule has 1 saturated heterocycles. The maximum atomic E-state index is 4.59. The maximum absolute atomic E-state index is 4.59. The first-order chi connectivity index (χ1) is 9.90. The van der Waals surface area contributed by atoms with Gasteiger partial charge in [0.15, 0.2) is 0 Å². The zero-order valence-electron chi connectivity index (χ0n) is 11.8. The van der Waals surface area contributed by atoms with Gasteiger partial charge in [0.05, 0.1) is 17.9 Å². The van der Waals surface area contributed by atoms with Crippen molar-refractivity contribution in [2.24, 2.45) is 0 Å². The predicted molar refractivity (Wildman–Crippen MR) is 80.6 cm³/mol. The minimum atomic E-state index is 0.409. The first-order valence-corrected chi connectivity index (χ1v) is 7.80. The molecule has 0 bridgehead atoms. The molecule has 3 heteroatoms. The van der Waals surface area contributed by atoms with Crippen LogP contribution in [0.1, 0.15) is 48.7 Å². The number of aromatic nitrogens is 2. The SMILES string of the molecule is c1cc2c(cc1-c1cnc(C3CCCCN3)[nH]1)CCC2. The molecule has 3 nitrogen and oxygen atoms in total. The number of hydrogen-bond acceptors (Lipinski definition) is 2. The van der Waals surface area contributed by atoms with Crippen molar-refractivity contribution < 1.29 is 0 Å². The number of aryl methyl sites for hydroxylation is 2. The molecule has 1 aromatic carbocycles. The highest BCUT2D eigenvalue weighted by molar-refractivity contribution is 5.61. The van der Waals surface area contributed by atoms with Crippen molar-refractivity contribution in [1.82, 2.24) is 15.3 Å². The van der Waals surface area contributed by atoms with Crippen molar-refractivity contribution in [1.29, 1.82) is 0 Å². The maximum Gasteiger partial charge on any atom is 0.123 e. The second kappa shape index (κ2) is 5.06. The Morgan fingerprint density at radius 3 is 2.90 bits per heavy atom. The highest BCUT2D eigenvalue weighted by atomic mass is 15.0. The Morgan fingerprint density at radius 1 is 1.05 bits per heavy atom. The number of nitrogens with zero attached hydrogens (tertiary/aromatic N) is 1. The van der Waals surface area contributed by atoms with E-state index in [0.717, 1.165) is 18.1 Å². The molecule has 1 aliphatic carbocycles. The average molecular weight is 267 g/mol. The van der Waals surface area contributed by atoms with Crippen LogP contribution in [-0.2, 0) is 12.8 Å². The number of imidazole rings is 1. The van der Waals surface area contributed by atoms with Gasteiger partial charge in [-0.05, 0) is 61.4 Å². The van der Waals surface area contributed by atoms with Crippen LogP contribution in [0, 0.1) is 0 Å². The average Bonchev–Trinajstić information content (AvgIpc) is 3.16. The molecule has 1 fully saturated rings. The minimum absolute atomic E-state index is 0.409. The van der Waals surface area contributed by atoms with E-state index in [9.17, 15) is 0 Å². The van der Waals surface area contributed by atoms with Crippen LogP contribution in [0.3, 0.4) is 0 Å². The van der Waals surface area contributed by atoms with Crippen molar-refractivity contribution in [2.45, 2.75) is 44.6 Å². The Bertz CT molecular complexity index is 608. The lowest BCUT2D eigenvalue weighted by Crippen LogP contribution is -2.27. The van der Waals surface area contributed by atoms with Crippen molar-refractivity contribution >= 4 is 0 Å². The molecule has 104 valence electrons. The number of piperidine rings is 1. The Morgan fingerprint density at radius 2 is 2.00 bits per heavy atom. The zero-order chi connectivity index (χ0) is 13.4. The normalized spacial score (nSPS) is 21.9. The molecule has 0 saturated carbocycles. The van der Waals surface area contributed by atoms with Gasteiger partial charge in [0.2, 0.25) is 0 Å². The first kappa shape index (κ1) is 12.2. The van der Waals surface area contributed by atoms with Crippen molar-refractivity contribution in [3.05, 3.63) is 41.3 Å². The second-order valence-electron chi connectivity index (χ2n) is 6.02. The molecular weight excluding hydrogens is 246 g/mol. The summed E-state index contributed by atoms with van der Waals surface area (Å²) in [6.07, 6.45) is 9.55. The molecule has 4 rings (SSSR count). The summed E-state index contributed by atoms with van der Waals surface area (Å²) in [6.45, 7) is 1.11. The van der Waals surface area contributed by atoms with Gasteiger partial charge in [-0.1, -0.05) is 18.6 Å². The van der Waals surface area contributed by atoms with Crippen LogP contribution in [0.2, 0.25) is 0 Å². The zero-order valence-corrected chi connectivity index (χ0v) is 11.8. The van der Waals surface area contributed by atoms with E-state index < -0.39 is 0 Å². The van der Waals surface area contributed by atoms with Gasteiger partial charge in [-0.3, -0.25) is 0 Å². The molecule has 2 N–H and O–H groups in total. The first-order valence-electron chi connectivity index (χ1n) is 7.80. The van der Waals surface area contributed by atoms with E-state index in [1.165, 1.54) is 55.2 Å². The van der Waals surface area contributed by atoms with E-state index in [2.05, 4.69) is 33.5 Å². The molecule has 2 aliphatic rings. The Balaban J connectivity index is 1.61. The molecular formula is C17H21N3. The third-order valence-electron chi connectivity index (χ3n) is 4.65. The fourth-order valence-corrected chi connectivity index (χ4v) is 3.48. The molecule has 1 unspecified atom stereocenters. The topological polar surface area (TPSA) is 40.7 Å². The van der Waals surface area contributed by atoms with E-state index in [0.29, 0.717) is 6.04 Å². The molecule has 0 spiro atoms. The third kappa shape index (κ3) is 2.16. The molecule has 20 heavy (non-hydrogen) atoms. The van der Waals surface area contributed by atoms with E-state index in [1.807, 2.05) is 6.20 Å². The van der Waals surface area contributed by atoms with Crippen molar-refractivity contribution in [3.63, 3.8) is 0 Å². The molecule has 2 aromatic rings. The lowest BCUT2D eigenvalue weighted by atomic mass is 10.0. The minimum Gasteiger partial charge on any atom is -0.341 e. The highest BCUT2D eigenvalue weighted by Gasteiger charge is 2.18. The van der Waals surface area contributed by atoms with Gasteiger partial charge in [-0.15, -0.1) is 0 Å². The van der Waals surface area contributed by atoms with Gasteiger partial charge in [0.1, 0.15) is 5.82 Å². The number of H-pyrrole nitrogens is 1. The van der Waals surface area contributed by atoms with Crippen LogP contribution in [0.25, 0.3) is 11.3 Å². The fourth-order valence-electron chi connectivity index (χ4n) is 3.48. The highest BCUT2D eigenvalue weighted by Crippen LogP contribution is 2.28. The summed E-state index contributed by atoms with van der Waals surface area (Å²) in [5.74, 6) is 1.10. The second-order valence-corrected chi connectivity index (χ2v) is 6.02. The Kier molecular flexibility index (Phi) is 3.07. The van der Waals surface area contributed by atoms with E-state index in [1.54, 1.807) is 0 Å². The van der Waals surface area contributed by atoms with Crippen molar-refractivity contribution in [2.75, 3.05) is 6.54 Å².